The SMILES string of the molecule is Cc1c(C(C)C(=O)O)[nH]c2ccc(OCCCOc3ccc(-c4nc(C(C)(C)C)co4)cc3)cc12. The van der Waals surface area contributed by atoms with Crippen LogP contribution in [0, 0.1) is 6.92 Å². The molecule has 0 spiro atoms. The number of fused-ring (bicyclic) bond motifs is 1. The van der Waals surface area contributed by atoms with Gasteiger partial charge in [-0.2, -0.15) is 0 Å². The number of carbonyl (C=O) groups is 1. The molecule has 0 bridgehead atoms. The van der Waals surface area contributed by atoms with E-state index < -0.39 is 11.9 Å². The molecule has 2 N–H and O–H groups in total. The van der Waals surface area contributed by atoms with Gasteiger partial charge in [-0.15, -0.1) is 0 Å². The normalized spacial score (nSPS) is 12.6. The molecule has 2 heterocycles. The van der Waals surface area contributed by atoms with Gasteiger partial charge < -0.3 is 24.0 Å². The van der Waals surface area contributed by atoms with E-state index in [1.165, 1.54) is 0 Å². The van der Waals surface area contributed by atoms with Crippen molar-refractivity contribution in [2.75, 3.05) is 13.2 Å². The quantitative estimate of drug-likeness (QED) is 0.269. The van der Waals surface area contributed by atoms with Crippen molar-refractivity contribution in [3.63, 3.8) is 0 Å². The average Bonchev–Trinajstić information content (AvgIpc) is 3.44. The third-order valence-corrected chi connectivity index (χ3v) is 6.07. The Kier molecular flexibility index (Phi) is 6.87. The lowest BCUT2D eigenvalue weighted by Crippen LogP contribution is -2.11. The zero-order valence-electron chi connectivity index (χ0n) is 20.8. The molecule has 4 aromatic rings. The number of rotatable bonds is 9. The van der Waals surface area contributed by atoms with Crippen molar-refractivity contribution in [3.8, 4) is 23.0 Å². The zero-order chi connectivity index (χ0) is 25.2. The topological polar surface area (TPSA) is 97.6 Å². The molecule has 1 unspecified atom stereocenters. The monoisotopic (exact) mass is 476 g/mol. The first kappa shape index (κ1) is 24.4. The number of aromatic amines is 1. The maximum Gasteiger partial charge on any atom is 0.312 e. The minimum absolute atomic E-state index is 0.0546. The lowest BCUT2D eigenvalue weighted by molar-refractivity contribution is -0.138. The number of aryl methyl sites for hydroxylation is 1. The van der Waals surface area contributed by atoms with Crippen molar-refractivity contribution < 1.29 is 23.8 Å². The molecule has 0 amide bonds. The van der Waals surface area contributed by atoms with Crippen molar-refractivity contribution in [2.24, 2.45) is 0 Å². The van der Waals surface area contributed by atoms with E-state index in [2.05, 4.69) is 30.7 Å². The molecular weight excluding hydrogens is 444 g/mol. The molecule has 2 aromatic heterocycles. The average molecular weight is 477 g/mol. The van der Waals surface area contributed by atoms with Crippen molar-refractivity contribution in [1.82, 2.24) is 9.97 Å². The standard InChI is InChI=1S/C28H32N2O5/c1-17-22-15-21(11-12-23(22)29-25(17)18(2)27(31)32)34-14-6-13-33-20-9-7-19(8-10-20)26-30-24(16-35-26)28(3,4)5/h7-12,15-16,18,29H,6,13-14H2,1-5H3,(H,31,32). The zero-order valence-corrected chi connectivity index (χ0v) is 20.8. The second-order valence-corrected chi connectivity index (χ2v) is 9.79. The number of H-pyrrole nitrogens is 1. The van der Waals surface area contributed by atoms with Gasteiger partial charge in [0.2, 0.25) is 5.89 Å². The predicted octanol–water partition coefficient (Wildman–Crippen LogP) is 6.46. The van der Waals surface area contributed by atoms with Crippen LogP contribution in [0.5, 0.6) is 11.5 Å². The van der Waals surface area contributed by atoms with Crippen LogP contribution >= 0.6 is 0 Å². The molecule has 0 aliphatic heterocycles. The number of benzene rings is 2. The number of nitrogens with one attached hydrogen (secondary N) is 1. The maximum absolute atomic E-state index is 11.4. The number of carboxylic acid groups (broad SMARTS) is 1. The van der Waals surface area contributed by atoms with Crippen molar-refractivity contribution in [2.45, 2.75) is 52.4 Å². The largest absolute Gasteiger partial charge is 0.493 e. The molecule has 0 saturated heterocycles. The van der Waals surface area contributed by atoms with Crippen LogP contribution in [-0.2, 0) is 10.2 Å². The van der Waals surface area contributed by atoms with E-state index in [0.717, 1.165) is 51.3 Å². The van der Waals surface area contributed by atoms with Gasteiger partial charge in [0.1, 0.15) is 17.8 Å². The van der Waals surface area contributed by atoms with Crippen LogP contribution in [0.4, 0.5) is 0 Å². The van der Waals surface area contributed by atoms with E-state index in [1.54, 1.807) is 13.2 Å². The number of hydrogen-bond acceptors (Lipinski definition) is 5. The van der Waals surface area contributed by atoms with Gasteiger partial charge in [0.25, 0.3) is 0 Å². The Balaban J connectivity index is 1.27. The molecule has 1 atom stereocenters. The summed E-state index contributed by atoms with van der Waals surface area (Å²) in [6.45, 7) is 11.0. The summed E-state index contributed by atoms with van der Waals surface area (Å²) >= 11 is 0. The molecule has 7 heteroatoms. The lowest BCUT2D eigenvalue weighted by atomic mass is 9.93. The smallest absolute Gasteiger partial charge is 0.312 e. The molecule has 4 rings (SSSR count). The molecule has 184 valence electrons. The number of ether oxygens (including phenoxy) is 2. The van der Waals surface area contributed by atoms with Gasteiger partial charge in [-0.05, 0) is 61.9 Å². The number of oxazole rings is 1. The van der Waals surface area contributed by atoms with E-state index in [-0.39, 0.29) is 5.41 Å². The van der Waals surface area contributed by atoms with Crippen molar-refractivity contribution in [3.05, 3.63) is 65.7 Å². The third kappa shape index (κ3) is 5.50. The molecule has 35 heavy (non-hydrogen) atoms. The van der Waals surface area contributed by atoms with E-state index in [9.17, 15) is 9.90 Å². The van der Waals surface area contributed by atoms with E-state index in [0.29, 0.717) is 19.1 Å². The minimum atomic E-state index is -0.849. The summed E-state index contributed by atoms with van der Waals surface area (Å²) in [6.07, 6.45) is 2.44. The number of aromatic nitrogens is 2. The van der Waals surface area contributed by atoms with Crippen LogP contribution in [0.2, 0.25) is 0 Å². The van der Waals surface area contributed by atoms with Gasteiger partial charge in [0.05, 0.1) is 24.8 Å². The van der Waals surface area contributed by atoms with E-state index in [4.69, 9.17) is 13.9 Å². The highest BCUT2D eigenvalue weighted by molar-refractivity contribution is 5.88. The van der Waals surface area contributed by atoms with Crippen LogP contribution in [-0.4, -0.2) is 34.3 Å². The number of aliphatic carboxylic acids is 1. The Bertz CT molecular complexity index is 1310. The predicted molar refractivity (Wildman–Crippen MR) is 135 cm³/mol. The first-order valence-electron chi connectivity index (χ1n) is 11.8. The Morgan fingerprint density at radius 3 is 2.37 bits per heavy atom. The molecule has 0 fully saturated rings. The second kappa shape index (κ2) is 9.86. The molecule has 7 nitrogen and oxygen atoms in total. The van der Waals surface area contributed by atoms with Gasteiger partial charge in [0, 0.05) is 34.0 Å². The molecule has 2 aromatic carbocycles. The summed E-state index contributed by atoms with van der Waals surface area (Å²) < 4.78 is 17.4. The highest BCUT2D eigenvalue weighted by atomic mass is 16.5. The van der Waals surface area contributed by atoms with Gasteiger partial charge >= 0.3 is 5.97 Å². The fourth-order valence-corrected chi connectivity index (χ4v) is 3.86. The summed E-state index contributed by atoms with van der Waals surface area (Å²) in [5, 5.41) is 10.3. The van der Waals surface area contributed by atoms with Gasteiger partial charge in [-0.3, -0.25) is 4.79 Å². The number of hydrogen-bond donors (Lipinski definition) is 2. The minimum Gasteiger partial charge on any atom is -0.493 e. The van der Waals surface area contributed by atoms with Gasteiger partial charge in [-0.25, -0.2) is 4.98 Å². The van der Waals surface area contributed by atoms with Crippen LogP contribution in [0.1, 0.15) is 57.0 Å². The number of nitrogens with zero attached hydrogens (tertiary/aromatic N) is 1. The molecular formula is C28H32N2O5. The Morgan fingerprint density at radius 1 is 1.09 bits per heavy atom. The highest BCUT2D eigenvalue weighted by Gasteiger charge is 2.20. The summed E-state index contributed by atoms with van der Waals surface area (Å²) in [6, 6.07) is 13.5. The summed E-state index contributed by atoms with van der Waals surface area (Å²) in [5.74, 6) is 0.696. The second-order valence-electron chi connectivity index (χ2n) is 9.79. The number of carboxylic acids is 1. The fraction of sp³-hybridized carbons (Fsp3) is 0.357. The first-order chi connectivity index (χ1) is 16.6. The van der Waals surface area contributed by atoms with Gasteiger partial charge in [0.15, 0.2) is 0 Å². The van der Waals surface area contributed by atoms with Gasteiger partial charge in [-0.1, -0.05) is 20.8 Å². The first-order valence-corrected chi connectivity index (χ1v) is 11.8. The third-order valence-electron chi connectivity index (χ3n) is 6.07. The summed E-state index contributed by atoms with van der Waals surface area (Å²) in [5.41, 5.74) is 4.35. The molecule has 0 saturated carbocycles. The Morgan fingerprint density at radius 2 is 1.74 bits per heavy atom. The van der Waals surface area contributed by atoms with Crippen molar-refractivity contribution >= 4 is 16.9 Å². The van der Waals surface area contributed by atoms with Crippen LogP contribution < -0.4 is 9.47 Å². The molecule has 0 aliphatic rings. The highest BCUT2D eigenvalue weighted by Crippen LogP contribution is 2.30. The van der Waals surface area contributed by atoms with E-state index in [1.807, 2.05) is 49.4 Å². The Hall–Kier alpha value is -3.74. The summed E-state index contributed by atoms with van der Waals surface area (Å²) in [4.78, 5) is 19.2. The van der Waals surface area contributed by atoms with Crippen molar-refractivity contribution in [1.29, 1.82) is 0 Å². The van der Waals surface area contributed by atoms with Crippen LogP contribution in [0.15, 0.2) is 53.1 Å². The fourth-order valence-electron chi connectivity index (χ4n) is 3.86. The van der Waals surface area contributed by atoms with Crippen LogP contribution in [0.3, 0.4) is 0 Å². The lowest BCUT2D eigenvalue weighted by Gasteiger charge is -2.13. The molecule has 0 aliphatic carbocycles. The summed E-state index contributed by atoms with van der Waals surface area (Å²) in [7, 11) is 0. The van der Waals surface area contributed by atoms with E-state index >= 15 is 0 Å². The Labute approximate surface area is 205 Å². The molecule has 0 radical (unpaired) electrons. The van der Waals surface area contributed by atoms with Crippen LogP contribution in [0.25, 0.3) is 22.4 Å². The maximum atomic E-state index is 11.4.